The Morgan fingerprint density at radius 2 is 2.00 bits per heavy atom. The number of hydrogen-bond donors (Lipinski definition) is 1. The Kier molecular flexibility index (Phi) is 4.94. The van der Waals surface area contributed by atoms with Crippen LogP contribution in [0.3, 0.4) is 0 Å². The highest BCUT2D eigenvalue weighted by molar-refractivity contribution is 5.74. The third-order valence-corrected chi connectivity index (χ3v) is 4.79. The molecule has 26 heavy (non-hydrogen) atoms. The Morgan fingerprint density at radius 1 is 1.27 bits per heavy atom. The van der Waals surface area contributed by atoms with E-state index >= 15 is 0 Å². The largest absolute Gasteiger partial charge is 0.378 e. The number of rotatable bonds is 4. The van der Waals surface area contributed by atoms with Crippen LogP contribution in [-0.4, -0.2) is 30.1 Å². The van der Waals surface area contributed by atoms with Crippen molar-refractivity contribution in [3.8, 4) is 17.5 Å². The van der Waals surface area contributed by atoms with Crippen LogP contribution in [0.5, 0.6) is 0 Å². The second kappa shape index (κ2) is 7.16. The van der Waals surface area contributed by atoms with Crippen LogP contribution in [-0.2, 0) is 10.3 Å². The van der Waals surface area contributed by atoms with E-state index in [0.717, 1.165) is 37.8 Å². The highest BCUT2D eigenvalue weighted by Crippen LogP contribution is 2.36. The van der Waals surface area contributed by atoms with Gasteiger partial charge in [0.2, 0.25) is 5.91 Å². The molecule has 3 rings (SSSR count). The van der Waals surface area contributed by atoms with Crippen molar-refractivity contribution in [2.24, 2.45) is 0 Å². The van der Waals surface area contributed by atoms with Crippen LogP contribution >= 0.6 is 0 Å². The van der Waals surface area contributed by atoms with Crippen molar-refractivity contribution < 1.29 is 9.32 Å². The molecule has 7 heteroatoms. The molecule has 0 atom stereocenters. The fraction of sp³-hybridized carbons (Fsp3) is 0.474. The molecule has 1 fully saturated rings. The first-order chi connectivity index (χ1) is 12.4. The van der Waals surface area contributed by atoms with E-state index in [4.69, 9.17) is 4.52 Å². The monoisotopic (exact) mass is 353 g/mol. The summed E-state index contributed by atoms with van der Waals surface area (Å²) in [5.74, 6) is 0.770. The molecule has 0 unspecified atom stereocenters. The Balaban J connectivity index is 2.00. The fourth-order valence-corrected chi connectivity index (χ4v) is 3.49. The minimum atomic E-state index is -0.566. The summed E-state index contributed by atoms with van der Waals surface area (Å²) in [6.45, 7) is 1.51. The molecular formula is C19H23N5O2. The third-order valence-electron chi connectivity index (χ3n) is 4.79. The third kappa shape index (κ3) is 3.54. The predicted octanol–water partition coefficient (Wildman–Crippen LogP) is 2.97. The van der Waals surface area contributed by atoms with Crippen LogP contribution in [0.2, 0.25) is 0 Å². The summed E-state index contributed by atoms with van der Waals surface area (Å²) in [4.78, 5) is 18.2. The summed E-state index contributed by atoms with van der Waals surface area (Å²) in [5, 5.41) is 16.5. The van der Waals surface area contributed by atoms with Gasteiger partial charge in [-0.1, -0.05) is 24.4 Å². The van der Waals surface area contributed by atoms with E-state index < -0.39 is 5.54 Å². The molecular weight excluding hydrogens is 330 g/mol. The number of nitriles is 1. The van der Waals surface area contributed by atoms with E-state index in [1.807, 2.05) is 25.1 Å². The summed E-state index contributed by atoms with van der Waals surface area (Å²) in [5.41, 5.74) is 1.54. The first-order valence-corrected chi connectivity index (χ1v) is 8.79. The topological polar surface area (TPSA) is 95.0 Å². The van der Waals surface area contributed by atoms with E-state index in [1.165, 1.54) is 6.92 Å². The van der Waals surface area contributed by atoms with E-state index in [1.54, 1.807) is 12.1 Å². The molecule has 1 aromatic carbocycles. The van der Waals surface area contributed by atoms with Crippen molar-refractivity contribution in [1.82, 2.24) is 15.5 Å². The molecule has 7 nitrogen and oxygen atoms in total. The fourth-order valence-electron chi connectivity index (χ4n) is 3.49. The minimum Gasteiger partial charge on any atom is -0.378 e. The molecule has 0 spiro atoms. The molecule has 0 aliphatic heterocycles. The lowest BCUT2D eigenvalue weighted by Crippen LogP contribution is -2.47. The summed E-state index contributed by atoms with van der Waals surface area (Å²) in [6.07, 6.45) is 4.76. The average molecular weight is 353 g/mol. The number of anilines is 1. The van der Waals surface area contributed by atoms with Gasteiger partial charge < -0.3 is 14.7 Å². The Labute approximate surface area is 153 Å². The van der Waals surface area contributed by atoms with Crippen molar-refractivity contribution in [3.63, 3.8) is 0 Å². The van der Waals surface area contributed by atoms with Crippen molar-refractivity contribution in [3.05, 3.63) is 29.6 Å². The first-order valence-electron chi connectivity index (χ1n) is 8.79. The minimum absolute atomic E-state index is 0.0976. The zero-order valence-electron chi connectivity index (χ0n) is 15.4. The van der Waals surface area contributed by atoms with Crippen molar-refractivity contribution in [2.45, 2.75) is 44.6 Å². The first kappa shape index (κ1) is 17.9. The number of aromatic nitrogens is 2. The molecule has 136 valence electrons. The molecule has 2 aromatic rings. The van der Waals surface area contributed by atoms with Crippen LogP contribution in [0.15, 0.2) is 22.7 Å². The number of carbonyl (C=O) groups excluding carboxylic acids is 1. The average Bonchev–Trinajstić information content (AvgIpc) is 3.12. The van der Waals surface area contributed by atoms with Gasteiger partial charge in [-0.15, -0.1) is 0 Å². The molecule has 1 aromatic heterocycles. The Morgan fingerprint density at radius 3 is 2.62 bits per heavy atom. The summed E-state index contributed by atoms with van der Waals surface area (Å²) >= 11 is 0. The van der Waals surface area contributed by atoms with Crippen LogP contribution < -0.4 is 10.2 Å². The molecule has 1 heterocycles. The normalized spacial score (nSPS) is 15.9. The number of nitrogens with zero attached hydrogens (tertiary/aromatic N) is 4. The van der Waals surface area contributed by atoms with Gasteiger partial charge in [-0.05, 0) is 31.0 Å². The summed E-state index contributed by atoms with van der Waals surface area (Å²) in [6, 6.07) is 7.61. The lowest BCUT2D eigenvalue weighted by atomic mass is 9.81. The van der Waals surface area contributed by atoms with Gasteiger partial charge in [-0.25, -0.2) is 0 Å². The molecule has 1 saturated carbocycles. The molecule has 0 bridgehead atoms. The quantitative estimate of drug-likeness (QED) is 0.908. The number of hydrogen-bond acceptors (Lipinski definition) is 6. The highest BCUT2D eigenvalue weighted by atomic mass is 16.5. The lowest BCUT2D eigenvalue weighted by Gasteiger charge is -2.34. The zero-order valence-corrected chi connectivity index (χ0v) is 15.4. The molecule has 0 radical (unpaired) electrons. The van der Waals surface area contributed by atoms with Crippen LogP contribution in [0.25, 0.3) is 11.5 Å². The maximum absolute atomic E-state index is 11.7. The SMILES string of the molecule is CC(=O)NC1(c2noc(-c3cc(C#N)cc(N(C)C)c3)n2)CCCCC1. The van der Waals surface area contributed by atoms with Crippen molar-refractivity contribution >= 4 is 11.6 Å². The van der Waals surface area contributed by atoms with Gasteiger partial charge in [-0.2, -0.15) is 10.2 Å². The van der Waals surface area contributed by atoms with Gasteiger partial charge in [0.15, 0.2) is 5.82 Å². The number of nitrogens with one attached hydrogen (secondary N) is 1. The second-order valence-electron chi connectivity index (χ2n) is 7.02. The maximum Gasteiger partial charge on any atom is 0.258 e. The molecule has 0 saturated heterocycles. The zero-order chi connectivity index (χ0) is 18.7. The van der Waals surface area contributed by atoms with Gasteiger partial charge in [0.1, 0.15) is 5.54 Å². The Hall–Kier alpha value is -2.88. The van der Waals surface area contributed by atoms with Crippen molar-refractivity contribution in [2.75, 3.05) is 19.0 Å². The Bertz CT molecular complexity index is 844. The van der Waals surface area contributed by atoms with Gasteiger partial charge in [0.25, 0.3) is 5.89 Å². The predicted molar refractivity (Wildman–Crippen MR) is 97.4 cm³/mol. The van der Waals surface area contributed by atoms with Crippen LogP contribution in [0.1, 0.15) is 50.4 Å². The van der Waals surface area contributed by atoms with Gasteiger partial charge >= 0.3 is 0 Å². The molecule has 1 aliphatic rings. The van der Waals surface area contributed by atoms with Gasteiger partial charge in [0.05, 0.1) is 11.6 Å². The smallest absolute Gasteiger partial charge is 0.258 e. The van der Waals surface area contributed by atoms with Crippen molar-refractivity contribution in [1.29, 1.82) is 5.26 Å². The number of carbonyl (C=O) groups is 1. The van der Waals surface area contributed by atoms with Gasteiger partial charge in [0, 0.05) is 32.3 Å². The van der Waals surface area contributed by atoms with Gasteiger partial charge in [-0.3, -0.25) is 4.79 Å². The summed E-state index contributed by atoms with van der Waals surface area (Å²) < 4.78 is 5.50. The molecule has 1 amide bonds. The molecule has 1 N–H and O–H groups in total. The van der Waals surface area contributed by atoms with E-state index in [-0.39, 0.29) is 5.91 Å². The number of amides is 1. The van der Waals surface area contributed by atoms with Crippen LogP contribution in [0, 0.1) is 11.3 Å². The lowest BCUT2D eigenvalue weighted by molar-refractivity contribution is -0.121. The highest BCUT2D eigenvalue weighted by Gasteiger charge is 2.39. The second-order valence-corrected chi connectivity index (χ2v) is 7.02. The molecule has 1 aliphatic carbocycles. The maximum atomic E-state index is 11.7. The summed E-state index contributed by atoms with van der Waals surface area (Å²) in [7, 11) is 3.82. The standard InChI is InChI=1S/C19H23N5O2/c1-13(25)22-19(7-5-4-6-8-19)18-21-17(26-23-18)15-9-14(12-20)10-16(11-15)24(2)3/h9-11H,4-8H2,1-3H3,(H,22,25). The van der Waals surface area contributed by atoms with E-state index in [0.29, 0.717) is 22.8 Å². The van der Waals surface area contributed by atoms with E-state index in [2.05, 4.69) is 21.5 Å². The number of benzene rings is 1. The van der Waals surface area contributed by atoms with Crippen LogP contribution in [0.4, 0.5) is 5.69 Å². The van der Waals surface area contributed by atoms with E-state index in [9.17, 15) is 10.1 Å².